The van der Waals surface area contributed by atoms with Crippen LogP contribution in [0.3, 0.4) is 0 Å². The van der Waals surface area contributed by atoms with Gasteiger partial charge in [0.05, 0.1) is 6.61 Å². The van der Waals surface area contributed by atoms with Crippen molar-refractivity contribution >= 4 is 18.7 Å². The zero-order valence-corrected chi connectivity index (χ0v) is 39.9. The fourth-order valence-corrected chi connectivity index (χ4v) is 13.0. The molecule has 60 heavy (non-hydrogen) atoms. The molecule has 0 radical (unpaired) electrons. The van der Waals surface area contributed by atoms with Crippen molar-refractivity contribution in [2.45, 2.75) is 137 Å². The lowest BCUT2D eigenvalue weighted by Gasteiger charge is -2.42. The molecule has 2 heteroatoms. The number of benzene rings is 4. The second-order valence-electron chi connectivity index (χ2n) is 18.5. The van der Waals surface area contributed by atoms with E-state index in [1.165, 1.54) is 54.9 Å². The van der Waals surface area contributed by atoms with Gasteiger partial charge in [-0.25, -0.2) is 0 Å². The molecule has 0 aliphatic rings. The van der Waals surface area contributed by atoms with Crippen molar-refractivity contribution in [2.24, 2.45) is 0 Å². The summed E-state index contributed by atoms with van der Waals surface area (Å²) >= 11 is 0. The van der Waals surface area contributed by atoms with E-state index in [0.29, 0.717) is 18.4 Å². The fourth-order valence-electron chi connectivity index (χ4n) is 8.51. The molecular weight excluding hydrogens is 741 g/mol. The highest BCUT2D eigenvalue weighted by atomic mass is 28.4. The third-order valence-corrected chi connectivity index (χ3v) is 16.8. The van der Waals surface area contributed by atoms with Crippen LogP contribution in [0.15, 0.2) is 191 Å². The van der Waals surface area contributed by atoms with E-state index in [1.807, 2.05) is 0 Å². The van der Waals surface area contributed by atoms with Crippen LogP contribution >= 0.6 is 0 Å². The van der Waals surface area contributed by atoms with E-state index < -0.39 is 8.32 Å². The summed E-state index contributed by atoms with van der Waals surface area (Å²) in [6, 6.07) is 44.0. The first kappa shape index (κ1) is 48.2. The van der Waals surface area contributed by atoms with Crippen molar-refractivity contribution in [3.05, 3.63) is 202 Å². The molecule has 4 rings (SSSR count). The molecule has 2 unspecified atom stereocenters. The quantitative estimate of drug-likeness (QED) is 0.0567. The summed E-state index contributed by atoms with van der Waals surface area (Å²) in [7, 11) is -2.54. The third kappa shape index (κ3) is 15.5. The lowest BCUT2D eigenvalue weighted by atomic mass is 9.88. The third-order valence-electron chi connectivity index (χ3n) is 11.8. The molecule has 0 aromatic heterocycles. The number of rotatable bonds is 22. The van der Waals surface area contributed by atoms with E-state index in [1.54, 1.807) is 0 Å². The monoisotopic (exact) mass is 817 g/mol. The van der Waals surface area contributed by atoms with Crippen LogP contribution in [0.25, 0.3) is 0 Å². The van der Waals surface area contributed by atoms with Gasteiger partial charge in [-0.05, 0) is 126 Å². The van der Waals surface area contributed by atoms with Gasteiger partial charge in [0.15, 0.2) is 0 Å². The summed E-state index contributed by atoms with van der Waals surface area (Å²) in [6.07, 6.45) is 23.2. The van der Waals surface area contributed by atoms with Gasteiger partial charge < -0.3 is 4.43 Å². The first-order chi connectivity index (χ1) is 28.8. The van der Waals surface area contributed by atoms with Crippen molar-refractivity contribution in [3.63, 3.8) is 0 Å². The first-order valence-electron chi connectivity index (χ1n) is 22.6. The minimum atomic E-state index is -2.54. The average molecular weight is 817 g/mol. The Morgan fingerprint density at radius 1 is 0.467 bits per heavy atom. The Hall–Kier alpha value is -4.50. The average Bonchev–Trinajstić information content (AvgIpc) is 3.22. The topological polar surface area (TPSA) is 9.23 Å². The zero-order valence-electron chi connectivity index (χ0n) is 38.9. The van der Waals surface area contributed by atoms with Crippen LogP contribution in [-0.4, -0.2) is 14.9 Å². The van der Waals surface area contributed by atoms with Crippen molar-refractivity contribution in [3.8, 4) is 0 Å². The predicted molar refractivity (Wildman–Crippen MR) is 267 cm³/mol. The Balaban J connectivity index is 1.38. The summed E-state index contributed by atoms with van der Waals surface area (Å²) in [5.41, 5.74) is 11.5. The number of hydrogen-bond acceptors (Lipinski definition) is 1. The summed E-state index contributed by atoms with van der Waals surface area (Å²) in [5.74, 6) is 0.774. The molecule has 0 amide bonds. The molecule has 0 saturated heterocycles. The van der Waals surface area contributed by atoms with Gasteiger partial charge in [0, 0.05) is 11.8 Å². The minimum absolute atomic E-state index is 0.0247. The predicted octanol–water partition coefficient (Wildman–Crippen LogP) is 15.9. The van der Waals surface area contributed by atoms with Crippen molar-refractivity contribution < 1.29 is 4.43 Å². The van der Waals surface area contributed by atoms with E-state index in [-0.39, 0.29) is 5.04 Å². The first-order valence-corrected chi connectivity index (χ1v) is 24.5. The van der Waals surface area contributed by atoms with E-state index >= 15 is 0 Å². The molecule has 2 atom stereocenters. The van der Waals surface area contributed by atoms with Crippen LogP contribution in [0.5, 0.6) is 0 Å². The van der Waals surface area contributed by atoms with Crippen molar-refractivity contribution in [2.75, 3.05) is 6.61 Å². The Morgan fingerprint density at radius 3 is 1.22 bits per heavy atom. The van der Waals surface area contributed by atoms with Gasteiger partial charge in [0.25, 0.3) is 8.32 Å². The summed E-state index contributed by atoms with van der Waals surface area (Å²) < 4.78 is 7.14. The maximum absolute atomic E-state index is 7.14. The van der Waals surface area contributed by atoms with E-state index in [9.17, 15) is 0 Å². The smallest absolute Gasteiger partial charge is 0.261 e. The van der Waals surface area contributed by atoms with Crippen LogP contribution in [0.4, 0.5) is 0 Å². The minimum Gasteiger partial charge on any atom is -0.404 e. The van der Waals surface area contributed by atoms with Gasteiger partial charge >= 0.3 is 0 Å². The highest BCUT2D eigenvalue weighted by molar-refractivity contribution is 6.99. The molecule has 4 aromatic carbocycles. The van der Waals surface area contributed by atoms with Crippen LogP contribution in [0.2, 0.25) is 5.04 Å². The SMILES string of the molecule is CC(C)=CCC/C(C)=C/C(C/C(C)=C\CC/C(C)=C\C(C/C(C)=C\CC/C(C)=C\CO[Si](c1ccccc1)(c1ccccc1)C(C)(C)C)c1ccccc1)c1ccccc1. The standard InChI is InChI=1S/C58H76OSi/c1-46(2)26-23-28-48(4)42-54(52-32-15-11-16-33-52)44-50(6)30-25-31-51(7)45-55(53-34-17-12-18-35-53)43-49(5)29-24-27-47(3)40-41-59-60(58(8,9)10,56-36-19-13-20-37-56)57-38-21-14-22-39-57/h11-22,26,29-30,32-40,42,45,54-55H,23-25,27-28,31,41,43-44H2,1-10H3/b47-40-,48-42+,49-29-,50-30-,51-45-. The molecule has 1 nitrogen and oxygen atoms in total. The lowest BCUT2D eigenvalue weighted by Crippen LogP contribution is -2.66. The molecule has 0 N–H and O–H groups in total. The molecule has 0 spiro atoms. The lowest BCUT2D eigenvalue weighted by molar-refractivity contribution is 0.338. The molecule has 0 fully saturated rings. The molecular formula is C58H76OSi. The van der Waals surface area contributed by atoms with E-state index in [4.69, 9.17) is 4.43 Å². The Morgan fingerprint density at radius 2 is 0.833 bits per heavy atom. The van der Waals surface area contributed by atoms with Gasteiger partial charge in [-0.1, -0.05) is 212 Å². The number of allylic oxidation sites excluding steroid dienone is 11. The largest absolute Gasteiger partial charge is 0.404 e. The van der Waals surface area contributed by atoms with Gasteiger partial charge in [-0.2, -0.15) is 0 Å². The maximum Gasteiger partial charge on any atom is 0.261 e. The molecule has 0 heterocycles. The van der Waals surface area contributed by atoms with Gasteiger partial charge in [-0.3, -0.25) is 0 Å². The Kier molecular flexibility index (Phi) is 19.8. The Labute approximate surface area is 367 Å². The van der Waals surface area contributed by atoms with Crippen LogP contribution in [0, 0.1) is 0 Å². The van der Waals surface area contributed by atoms with E-state index in [2.05, 4.69) is 227 Å². The zero-order chi connectivity index (χ0) is 43.4. The molecule has 318 valence electrons. The normalized spacial score (nSPS) is 14.5. The number of hydrogen-bond donors (Lipinski definition) is 0. The highest BCUT2D eigenvalue weighted by Crippen LogP contribution is 2.37. The summed E-state index contributed by atoms with van der Waals surface area (Å²) in [6.45, 7) is 23.6. The van der Waals surface area contributed by atoms with Gasteiger partial charge in [0.1, 0.15) is 0 Å². The van der Waals surface area contributed by atoms with E-state index in [0.717, 1.165) is 51.4 Å². The molecule has 0 aliphatic heterocycles. The van der Waals surface area contributed by atoms with Gasteiger partial charge in [0.2, 0.25) is 0 Å². The van der Waals surface area contributed by atoms with Crippen LogP contribution < -0.4 is 10.4 Å². The Bertz CT molecular complexity index is 2000. The van der Waals surface area contributed by atoms with Crippen molar-refractivity contribution in [1.29, 1.82) is 0 Å². The molecule has 0 bridgehead atoms. The second kappa shape index (κ2) is 24.7. The molecule has 0 saturated carbocycles. The van der Waals surface area contributed by atoms with Crippen LogP contribution in [-0.2, 0) is 4.43 Å². The van der Waals surface area contributed by atoms with Crippen molar-refractivity contribution in [1.82, 2.24) is 0 Å². The van der Waals surface area contributed by atoms with Gasteiger partial charge in [-0.15, -0.1) is 0 Å². The summed E-state index contributed by atoms with van der Waals surface area (Å²) in [5, 5.41) is 2.63. The van der Waals surface area contributed by atoms with Crippen LogP contribution in [0.1, 0.15) is 144 Å². The highest BCUT2D eigenvalue weighted by Gasteiger charge is 2.49. The molecule has 0 aliphatic carbocycles. The summed E-state index contributed by atoms with van der Waals surface area (Å²) in [4.78, 5) is 0. The second-order valence-corrected chi connectivity index (χ2v) is 22.8. The maximum atomic E-state index is 7.14. The molecule has 4 aromatic rings. The fraction of sp³-hybridized carbons (Fsp3) is 0.379.